The first-order valence-corrected chi connectivity index (χ1v) is 11.0. The van der Waals surface area contributed by atoms with Crippen LogP contribution in [0.1, 0.15) is 31.1 Å². The zero-order chi connectivity index (χ0) is 20.6. The molecule has 1 fully saturated rings. The highest BCUT2D eigenvalue weighted by molar-refractivity contribution is 7.89. The Hall–Kier alpha value is -2.65. The van der Waals surface area contributed by atoms with Gasteiger partial charge in [0.05, 0.1) is 17.7 Å². The molecular formula is C20H23N3O5S. The number of furan rings is 1. The SMILES string of the molecule is CC(=O)N1c2ccc(S(=O)(=O)N3CCCC3)cc2CC1C(=O)NCc1ccco1. The van der Waals surface area contributed by atoms with Crippen molar-refractivity contribution in [3.63, 3.8) is 0 Å². The summed E-state index contributed by atoms with van der Waals surface area (Å²) in [6.45, 7) is 2.67. The smallest absolute Gasteiger partial charge is 0.243 e. The summed E-state index contributed by atoms with van der Waals surface area (Å²) in [4.78, 5) is 26.6. The molecular weight excluding hydrogens is 394 g/mol. The average Bonchev–Trinajstić information content (AvgIpc) is 3.45. The van der Waals surface area contributed by atoms with Crippen LogP contribution in [0.4, 0.5) is 5.69 Å². The molecule has 1 saturated heterocycles. The molecule has 3 heterocycles. The van der Waals surface area contributed by atoms with E-state index in [1.807, 2.05) is 0 Å². The third-order valence-electron chi connectivity index (χ3n) is 5.40. The summed E-state index contributed by atoms with van der Waals surface area (Å²) >= 11 is 0. The van der Waals surface area contributed by atoms with E-state index in [1.165, 1.54) is 28.5 Å². The van der Waals surface area contributed by atoms with Crippen LogP contribution < -0.4 is 10.2 Å². The number of hydrogen-bond acceptors (Lipinski definition) is 5. The van der Waals surface area contributed by atoms with Crippen LogP contribution in [0.2, 0.25) is 0 Å². The number of fused-ring (bicyclic) bond motifs is 1. The summed E-state index contributed by atoms with van der Waals surface area (Å²) in [7, 11) is -3.56. The number of rotatable bonds is 5. The van der Waals surface area contributed by atoms with Crippen molar-refractivity contribution in [3.05, 3.63) is 47.9 Å². The molecule has 1 aromatic carbocycles. The predicted molar refractivity (Wildman–Crippen MR) is 106 cm³/mol. The van der Waals surface area contributed by atoms with E-state index in [0.717, 1.165) is 12.8 Å². The second-order valence-electron chi connectivity index (χ2n) is 7.31. The molecule has 1 aromatic heterocycles. The number of anilines is 1. The van der Waals surface area contributed by atoms with Crippen LogP contribution >= 0.6 is 0 Å². The van der Waals surface area contributed by atoms with E-state index in [1.54, 1.807) is 24.3 Å². The van der Waals surface area contributed by atoms with E-state index >= 15 is 0 Å². The lowest BCUT2D eigenvalue weighted by Gasteiger charge is -2.23. The minimum Gasteiger partial charge on any atom is -0.467 e. The molecule has 1 atom stereocenters. The normalized spacial score (nSPS) is 19.3. The van der Waals surface area contributed by atoms with Crippen LogP contribution in [0.5, 0.6) is 0 Å². The zero-order valence-corrected chi connectivity index (χ0v) is 16.9. The first kappa shape index (κ1) is 19.7. The van der Waals surface area contributed by atoms with Gasteiger partial charge in [-0.1, -0.05) is 0 Å². The standard InChI is InChI=1S/C20H23N3O5S/c1-14(24)23-18-7-6-17(29(26,27)22-8-2-3-9-22)11-15(18)12-19(23)20(25)21-13-16-5-4-10-28-16/h4-7,10-11,19H,2-3,8-9,12-13H2,1H3,(H,21,25). The first-order chi connectivity index (χ1) is 13.9. The molecule has 154 valence electrons. The maximum absolute atomic E-state index is 12.9. The highest BCUT2D eigenvalue weighted by Gasteiger charge is 2.38. The van der Waals surface area contributed by atoms with Gasteiger partial charge in [-0.2, -0.15) is 4.31 Å². The van der Waals surface area contributed by atoms with Crippen molar-refractivity contribution in [1.82, 2.24) is 9.62 Å². The number of carbonyl (C=O) groups is 2. The van der Waals surface area contributed by atoms with Gasteiger partial charge in [0, 0.05) is 32.1 Å². The Morgan fingerprint density at radius 3 is 2.62 bits per heavy atom. The minimum absolute atomic E-state index is 0.207. The fourth-order valence-corrected chi connectivity index (χ4v) is 5.54. The molecule has 1 N–H and O–H groups in total. The van der Waals surface area contributed by atoms with E-state index in [2.05, 4.69) is 5.32 Å². The Balaban J connectivity index is 1.57. The van der Waals surface area contributed by atoms with Gasteiger partial charge < -0.3 is 9.73 Å². The van der Waals surface area contributed by atoms with Crippen LogP contribution in [0, 0.1) is 0 Å². The predicted octanol–water partition coefficient (Wildman–Crippen LogP) is 1.66. The number of benzene rings is 1. The van der Waals surface area contributed by atoms with Crippen molar-refractivity contribution >= 4 is 27.5 Å². The van der Waals surface area contributed by atoms with Crippen LogP contribution in [0.25, 0.3) is 0 Å². The molecule has 9 heteroatoms. The molecule has 29 heavy (non-hydrogen) atoms. The second kappa shape index (κ2) is 7.64. The first-order valence-electron chi connectivity index (χ1n) is 9.61. The van der Waals surface area contributed by atoms with Crippen molar-refractivity contribution in [2.24, 2.45) is 0 Å². The monoisotopic (exact) mass is 417 g/mol. The summed E-state index contributed by atoms with van der Waals surface area (Å²) in [5.74, 6) is 0.0380. The maximum atomic E-state index is 12.9. The molecule has 0 aliphatic carbocycles. The molecule has 0 spiro atoms. The van der Waals surface area contributed by atoms with Gasteiger partial charge in [-0.25, -0.2) is 8.42 Å². The molecule has 4 rings (SSSR count). The summed E-state index contributed by atoms with van der Waals surface area (Å²) in [6.07, 6.45) is 3.51. The number of hydrogen-bond donors (Lipinski definition) is 1. The highest BCUT2D eigenvalue weighted by Crippen LogP contribution is 2.35. The Morgan fingerprint density at radius 2 is 1.97 bits per heavy atom. The lowest BCUT2D eigenvalue weighted by atomic mass is 10.1. The number of nitrogens with zero attached hydrogens (tertiary/aromatic N) is 2. The van der Waals surface area contributed by atoms with E-state index in [-0.39, 0.29) is 29.7 Å². The highest BCUT2D eigenvalue weighted by atomic mass is 32.2. The molecule has 2 aliphatic rings. The number of carbonyl (C=O) groups excluding carboxylic acids is 2. The number of nitrogens with one attached hydrogen (secondary N) is 1. The fourth-order valence-electron chi connectivity index (χ4n) is 3.97. The molecule has 2 aromatic rings. The molecule has 8 nitrogen and oxygen atoms in total. The van der Waals surface area contributed by atoms with Crippen molar-refractivity contribution in [2.45, 2.75) is 43.7 Å². The van der Waals surface area contributed by atoms with Crippen molar-refractivity contribution in [3.8, 4) is 0 Å². The minimum atomic E-state index is -3.56. The largest absolute Gasteiger partial charge is 0.467 e. The summed E-state index contributed by atoms with van der Waals surface area (Å²) in [5.41, 5.74) is 1.26. The van der Waals surface area contributed by atoms with Gasteiger partial charge in [-0.05, 0) is 48.7 Å². The van der Waals surface area contributed by atoms with Crippen LogP contribution in [0.3, 0.4) is 0 Å². The van der Waals surface area contributed by atoms with E-state index in [9.17, 15) is 18.0 Å². The molecule has 2 aliphatic heterocycles. The van der Waals surface area contributed by atoms with E-state index in [4.69, 9.17) is 4.42 Å². The Kier molecular flexibility index (Phi) is 5.18. The van der Waals surface area contributed by atoms with Gasteiger partial charge in [-0.15, -0.1) is 0 Å². The third kappa shape index (κ3) is 3.67. The van der Waals surface area contributed by atoms with Crippen molar-refractivity contribution < 1.29 is 22.4 Å². The van der Waals surface area contributed by atoms with Crippen molar-refractivity contribution in [2.75, 3.05) is 18.0 Å². The Morgan fingerprint density at radius 1 is 1.21 bits per heavy atom. The van der Waals surface area contributed by atoms with Gasteiger partial charge in [0.1, 0.15) is 11.8 Å². The Labute approximate surface area is 169 Å². The lowest BCUT2D eigenvalue weighted by molar-refractivity contribution is -0.125. The van der Waals surface area contributed by atoms with Crippen LogP contribution in [-0.4, -0.2) is 43.7 Å². The van der Waals surface area contributed by atoms with Gasteiger partial charge in [0.15, 0.2) is 0 Å². The van der Waals surface area contributed by atoms with Gasteiger partial charge >= 0.3 is 0 Å². The second-order valence-corrected chi connectivity index (χ2v) is 9.25. The van der Waals surface area contributed by atoms with Crippen LogP contribution in [0.15, 0.2) is 45.9 Å². The third-order valence-corrected chi connectivity index (χ3v) is 7.29. The number of sulfonamides is 1. The summed E-state index contributed by atoms with van der Waals surface area (Å²) < 4.78 is 32.4. The molecule has 0 bridgehead atoms. The molecule has 0 saturated carbocycles. The fraction of sp³-hybridized carbons (Fsp3) is 0.400. The zero-order valence-electron chi connectivity index (χ0n) is 16.1. The summed E-state index contributed by atoms with van der Waals surface area (Å²) in [6, 6.07) is 7.50. The van der Waals surface area contributed by atoms with Gasteiger partial charge in [-0.3, -0.25) is 14.5 Å². The van der Waals surface area contributed by atoms with Gasteiger partial charge in [0.25, 0.3) is 0 Å². The molecule has 1 unspecified atom stereocenters. The quantitative estimate of drug-likeness (QED) is 0.798. The molecule has 0 radical (unpaired) electrons. The molecule has 2 amide bonds. The van der Waals surface area contributed by atoms with Crippen LogP contribution in [-0.2, 0) is 32.6 Å². The average molecular weight is 417 g/mol. The van der Waals surface area contributed by atoms with E-state index < -0.39 is 16.1 Å². The van der Waals surface area contributed by atoms with Crippen molar-refractivity contribution in [1.29, 1.82) is 0 Å². The number of amides is 2. The van der Waals surface area contributed by atoms with Gasteiger partial charge in [0.2, 0.25) is 21.8 Å². The Bertz CT molecular complexity index is 1030. The topological polar surface area (TPSA) is 99.9 Å². The lowest BCUT2D eigenvalue weighted by Crippen LogP contribution is -2.47. The van der Waals surface area contributed by atoms with E-state index in [0.29, 0.717) is 30.1 Å². The summed E-state index contributed by atoms with van der Waals surface area (Å²) in [5, 5.41) is 2.78. The maximum Gasteiger partial charge on any atom is 0.243 e.